The molecule has 1 aliphatic heterocycles. The third kappa shape index (κ3) is 3.63. The van der Waals surface area contributed by atoms with Gasteiger partial charge in [0.1, 0.15) is 5.82 Å². The highest BCUT2D eigenvalue weighted by Gasteiger charge is 2.32. The molecule has 0 radical (unpaired) electrons. The molecule has 3 aromatic carbocycles. The maximum Gasteiger partial charge on any atom is 0.261 e. The number of nitrogens with one attached hydrogen (secondary N) is 1. The van der Waals surface area contributed by atoms with E-state index in [1.807, 2.05) is 55.5 Å². The van der Waals surface area contributed by atoms with Gasteiger partial charge < -0.3 is 9.88 Å². The van der Waals surface area contributed by atoms with Crippen LogP contribution in [0.4, 0.5) is 0 Å². The third-order valence-electron chi connectivity index (χ3n) is 6.41. The van der Waals surface area contributed by atoms with Crippen LogP contribution in [-0.4, -0.2) is 38.7 Å². The summed E-state index contributed by atoms with van der Waals surface area (Å²) in [4.78, 5) is 44.6. The Morgan fingerprint density at radius 3 is 2.32 bits per heavy atom. The number of nitrogens with zero attached hydrogens (tertiary/aromatic N) is 3. The number of para-hydroxylation sites is 2. The minimum atomic E-state index is -0.306. The Morgan fingerprint density at radius 2 is 1.65 bits per heavy atom. The fraction of sp³-hybridized carbons (Fsp3) is 0.259. The average molecular weight is 455 g/mol. The van der Waals surface area contributed by atoms with Crippen molar-refractivity contribution in [3.05, 3.63) is 77.6 Å². The highest BCUT2D eigenvalue weighted by molar-refractivity contribution is 6.25. The summed E-state index contributed by atoms with van der Waals surface area (Å²) in [6.07, 6.45) is 0.595. The maximum atomic E-state index is 13.0. The molecule has 1 aliphatic rings. The van der Waals surface area contributed by atoms with Gasteiger partial charge in [0.05, 0.1) is 17.1 Å². The largest absolute Gasteiger partial charge is 0.346 e. The van der Waals surface area contributed by atoms with Gasteiger partial charge in [0.25, 0.3) is 11.8 Å². The van der Waals surface area contributed by atoms with E-state index in [1.54, 1.807) is 12.1 Å². The van der Waals surface area contributed by atoms with Crippen LogP contribution >= 0.6 is 0 Å². The number of carbonyl (C=O) groups is 3. The number of hydrogen-bond donors (Lipinski definition) is 1. The van der Waals surface area contributed by atoms with Gasteiger partial charge in [-0.3, -0.25) is 19.3 Å². The highest BCUT2D eigenvalue weighted by Crippen LogP contribution is 2.30. The van der Waals surface area contributed by atoms with E-state index in [2.05, 4.69) is 16.8 Å². The number of benzene rings is 3. The molecule has 0 spiro atoms. The Bertz CT molecular complexity index is 1390. The van der Waals surface area contributed by atoms with E-state index in [1.165, 1.54) is 4.90 Å². The van der Waals surface area contributed by atoms with Crippen LogP contribution in [0, 0.1) is 0 Å². The zero-order valence-electron chi connectivity index (χ0n) is 19.2. The van der Waals surface area contributed by atoms with E-state index in [-0.39, 0.29) is 36.7 Å². The molecule has 0 saturated heterocycles. The molecule has 172 valence electrons. The van der Waals surface area contributed by atoms with Crippen LogP contribution < -0.4 is 5.32 Å². The normalized spacial score (nSPS) is 14.1. The molecule has 0 fully saturated rings. The second-order valence-electron chi connectivity index (χ2n) is 8.57. The van der Waals surface area contributed by atoms with E-state index in [4.69, 9.17) is 4.98 Å². The Hall–Kier alpha value is -4.00. The van der Waals surface area contributed by atoms with Crippen LogP contribution in [0.3, 0.4) is 0 Å². The van der Waals surface area contributed by atoms with Gasteiger partial charge >= 0.3 is 0 Å². The molecular formula is C27H26N4O3. The molecule has 1 atom stereocenters. The molecule has 0 bridgehead atoms. The fourth-order valence-electron chi connectivity index (χ4n) is 4.82. The number of aromatic nitrogens is 2. The first-order valence-electron chi connectivity index (χ1n) is 11.6. The molecule has 4 aromatic rings. The number of fused-ring (bicyclic) bond motifs is 1. The van der Waals surface area contributed by atoms with Crippen molar-refractivity contribution in [3.8, 4) is 0 Å². The van der Waals surface area contributed by atoms with Gasteiger partial charge in [0.15, 0.2) is 0 Å². The van der Waals surface area contributed by atoms with Crippen LogP contribution in [0.5, 0.6) is 0 Å². The van der Waals surface area contributed by atoms with Crippen LogP contribution in [0.2, 0.25) is 0 Å². The van der Waals surface area contributed by atoms with Crippen molar-refractivity contribution < 1.29 is 14.4 Å². The standard InChI is InChI=1S/C27H26N4O3/c1-3-30-22-14-5-4-13-21(22)29-25(30)17(2)28-23(32)15-8-16-31-26(33)19-11-6-9-18-10-7-12-20(24(18)19)27(31)34/h4-7,9-14,17H,3,8,15-16H2,1-2H3,(H,28,32). The van der Waals surface area contributed by atoms with E-state index >= 15 is 0 Å². The number of rotatable bonds is 7. The van der Waals surface area contributed by atoms with Crippen molar-refractivity contribution in [1.82, 2.24) is 19.8 Å². The lowest BCUT2D eigenvalue weighted by Gasteiger charge is -2.27. The molecule has 1 N–H and O–H groups in total. The molecule has 7 nitrogen and oxygen atoms in total. The summed E-state index contributed by atoms with van der Waals surface area (Å²) in [5.41, 5.74) is 3.00. The third-order valence-corrected chi connectivity index (χ3v) is 6.41. The van der Waals surface area contributed by atoms with Gasteiger partial charge in [-0.2, -0.15) is 0 Å². The van der Waals surface area contributed by atoms with Crippen LogP contribution in [0.25, 0.3) is 21.8 Å². The summed E-state index contributed by atoms with van der Waals surface area (Å²) in [6.45, 7) is 4.92. The lowest BCUT2D eigenvalue weighted by atomic mass is 9.94. The van der Waals surface area contributed by atoms with Crippen LogP contribution in [0.1, 0.15) is 59.3 Å². The predicted octanol–water partition coefficient (Wildman–Crippen LogP) is 4.46. The van der Waals surface area contributed by atoms with Gasteiger partial charge in [-0.15, -0.1) is 0 Å². The van der Waals surface area contributed by atoms with E-state index in [9.17, 15) is 14.4 Å². The first-order chi connectivity index (χ1) is 16.5. The van der Waals surface area contributed by atoms with Gasteiger partial charge in [0.2, 0.25) is 5.91 Å². The number of aryl methyl sites for hydroxylation is 1. The van der Waals surface area contributed by atoms with Gasteiger partial charge in [-0.25, -0.2) is 4.98 Å². The zero-order valence-corrected chi connectivity index (χ0v) is 19.2. The molecule has 5 rings (SSSR count). The smallest absolute Gasteiger partial charge is 0.261 e. The minimum Gasteiger partial charge on any atom is -0.346 e. The average Bonchev–Trinajstić information content (AvgIpc) is 3.23. The lowest BCUT2D eigenvalue weighted by Crippen LogP contribution is -2.41. The second kappa shape index (κ2) is 8.74. The van der Waals surface area contributed by atoms with Crippen molar-refractivity contribution in [2.75, 3.05) is 6.54 Å². The second-order valence-corrected chi connectivity index (χ2v) is 8.57. The van der Waals surface area contributed by atoms with Crippen molar-refractivity contribution in [1.29, 1.82) is 0 Å². The Balaban J connectivity index is 1.24. The number of hydrogen-bond acceptors (Lipinski definition) is 4. The topological polar surface area (TPSA) is 84.3 Å². The Labute approximate surface area is 197 Å². The minimum absolute atomic E-state index is 0.137. The number of imide groups is 1. The maximum absolute atomic E-state index is 13.0. The molecule has 1 unspecified atom stereocenters. The van der Waals surface area contributed by atoms with Crippen molar-refractivity contribution >= 4 is 39.5 Å². The summed E-state index contributed by atoms with van der Waals surface area (Å²) in [6, 6.07) is 18.6. The molecule has 2 heterocycles. The van der Waals surface area contributed by atoms with Crippen LogP contribution in [-0.2, 0) is 11.3 Å². The predicted molar refractivity (Wildman–Crippen MR) is 131 cm³/mol. The van der Waals surface area contributed by atoms with Crippen molar-refractivity contribution in [2.24, 2.45) is 0 Å². The van der Waals surface area contributed by atoms with Gasteiger partial charge in [-0.05, 0) is 49.9 Å². The number of imidazole rings is 1. The monoisotopic (exact) mass is 454 g/mol. The summed E-state index contributed by atoms with van der Waals surface area (Å²) < 4.78 is 2.10. The molecule has 34 heavy (non-hydrogen) atoms. The quantitative estimate of drug-likeness (QED) is 0.418. The first-order valence-corrected chi connectivity index (χ1v) is 11.6. The lowest BCUT2D eigenvalue weighted by molar-refractivity contribution is -0.121. The van der Waals surface area contributed by atoms with Crippen molar-refractivity contribution in [3.63, 3.8) is 0 Å². The SMILES string of the molecule is CCn1c(C(C)NC(=O)CCCN2C(=O)c3cccc4cccc(c34)C2=O)nc2ccccc21. The zero-order chi connectivity index (χ0) is 23.8. The Morgan fingerprint density at radius 1 is 0.971 bits per heavy atom. The summed E-state index contributed by atoms with van der Waals surface area (Å²) in [5.74, 6) is 0.0595. The van der Waals surface area contributed by atoms with E-state index in [0.29, 0.717) is 22.9 Å². The molecular weight excluding hydrogens is 428 g/mol. The van der Waals surface area contributed by atoms with E-state index in [0.717, 1.165) is 28.8 Å². The summed E-state index contributed by atoms with van der Waals surface area (Å²) >= 11 is 0. The number of amides is 3. The molecule has 0 saturated carbocycles. The fourth-order valence-corrected chi connectivity index (χ4v) is 4.82. The van der Waals surface area contributed by atoms with Gasteiger partial charge in [-0.1, -0.05) is 36.4 Å². The van der Waals surface area contributed by atoms with Crippen molar-refractivity contribution in [2.45, 2.75) is 39.3 Å². The summed E-state index contributed by atoms with van der Waals surface area (Å²) in [5, 5.41) is 4.60. The molecule has 1 aromatic heterocycles. The van der Waals surface area contributed by atoms with Crippen LogP contribution in [0.15, 0.2) is 60.7 Å². The van der Waals surface area contributed by atoms with Gasteiger partial charge in [0, 0.05) is 36.0 Å². The molecule has 0 aliphatic carbocycles. The molecule has 7 heteroatoms. The molecule has 3 amide bonds. The summed E-state index contributed by atoms with van der Waals surface area (Å²) in [7, 11) is 0. The van der Waals surface area contributed by atoms with E-state index < -0.39 is 0 Å². The Kier molecular flexibility index (Phi) is 5.61. The number of carbonyl (C=O) groups excluding carboxylic acids is 3. The highest BCUT2D eigenvalue weighted by atomic mass is 16.2. The first kappa shape index (κ1) is 21.8.